The third-order valence-electron chi connectivity index (χ3n) is 6.71. The smallest absolute Gasteiger partial charge is 0.254 e. The van der Waals surface area contributed by atoms with Gasteiger partial charge < -0.3 is 26.0 Å². The second-order valence-corrected chi connectivity index (χ2v) is 8.89. The number of nitrogens with zero attached hydrogens (tertiary/aromatic N) is 2. The molecule has 170 valence electrons. The molecule has 1 saturated carbocycles. The number of piperazine rings is 1. The normalized spacial score (nSPS) is 18.6. The van der Waals surface area contributed by atoms with Crippen molar-refractivity contribution in [3.05, 3.63) is 53.6 Å². The molecule has 32 heavy (non-hydrogen) atoms. The van der Waals surface area contributed by atoms with Gasteiger partial charge in [0.15, 0.2) is 0 Å². The van der Waals surface area contributed by atoms with Crippen LogP contribution in [-0.2, 0) is 4.79 Å². The summed E-state index contributed by atoms with van der Waals surface area (Å²) in [7, 11) is 1.88. The number of aliphatic hydroxyl groups is 1. The van der Waals surface area contributed by atoms with Crippen LogP contribution >= 0.6 is 0 Å². The highest BCUT2D eigenvalue weighted by Crippen LogP contribution is 2.33. The third kappa shape index (κ3) is 4.23. The first-order valence-electron chi connectivity index (χ1n) is 11.3. The number of anilines is 1. The average molecular weight is 437 g/mol. The van der Waals surface area contributed by atoms with Crippen molar-refractivity contribution >= 4 is 17.5 Å². The van der Waals surface area contributed by atoms with Crippen molar-refractivity contribution in [2.75, 3.05) is 38.5 Å². The van der Waals surface area contributed by atoms with Gasteiger partial charge in [0, 0.05) is 50.5 Å². The Bertz CT molecular complexity index is 991. The first-order valence-corrected chi connectivity index (χ1v) is 11.3. The van der Waals surface area contributed by atoms with E-state index >= 15 is 0 Å². The van der Waals surface area contributed by atoms with Crippen molar-refractivity contribution in [2.45, 2.75) is 37.8 Å². The van der Waals surface area contributed by atoms with Crippen LogP contribution in [0.15, 0.2) is 42.5 Å². The van der Waals surface area contributed by atoms with Gasteiger partial charge in [-0.3, -0.25) is 9.59 Å². The van der Waals surface area contributed by atoms with Gasteiger partial charge in [0.2, 0.25) is 0 Å². The Kier molecular flexibility index (Phi) is 6.22. The summed E-state index contributed by atoms with van der Waals surface area (Å²) in [5.41, 5.74) is 9.71. The second kappa shape index (κ2) is 8.92. The molecule has 2 aromatic rings. The molecule has 0 radical (unpaired) electrons. The van der Waals surface area contributed by atoms with Crippen molar-refractivity contribution in [3.63, 3.8) is 0 Å². The number of benzene rings is 2. The van der Waals surface area contributed by atoms with Crippen LogP contribution < -0.4 is 11.1 Å². The van der Waals surface area contributed by atoms with Gasteiger partial charge in [-0.25, -0.2) is 0 Å². The zero-order valence-corrected chi connectivity index (χ0v) is 18.8. The van der Waals surface area contributed by atoms with Crippen molar-refractivity contribution in [3.8, 4) is 11.1 Å². The minimum Gasteiger partial charge on any atom is -0.388 e. The topological polar surface area (TPSA) is 98.9 Å². The van der Waals surface area contributed by atoms with Crippen LogP contribution in [0, 0.1) is 0 Å². The number of hydrogen-bond donors (Lipinski definition) is 3. The van der Waals surface area contributed by atoms with E-state index in [0.717, 1.165) is 28.8 Å². The minimum atomic E-state index is -1.17. The van der Waals surface area contributed by atoms with Crippen LogP contribution in [0.4, 0.5) is 5.69 Å². The number of nitrogens with two attached hydrogens (primary N) is 1. The molecule has 7 heteroatoms. The van der Waals surface area contributed by atoms with E-state index < -0.39 is 5.60 Å². The molecule has 2 amide bonds. The molecule has 0 spiro atoms. The average Bonchev–Trinajstić information content (AvgIpc) is 2.81. The number of carbonyl (C=O) groups excluding carboxylic acids is 2. The van der Waals surface area contributed by atoms with Gasteiger partial charge in [-0.2, -0.15) is 0 Å². The summed E-state index contributed by atoms with van der Waals surface area (Å²) in [5, 5.41) is 13.5. The molecule has 4 N–H and O–H groups in total. The van der Waals surface area contributed by atoms with Gasteiger partial charge in [-0.1, -0.05) is 18.2 Å². The Morgan fingerprint density at radius 3 is 2.12 bits per heavy atom. The van der Waals surface area contributed by atoms with Crippen LogP contribution in [0.3, 0.4) is 0 Å². The molecule has 1 heterocycles. The fourth-order valence-electron chi connectivity index (χ4n) is 4.47. The van der Waals surface area contributed by atoms with E-state index in [0.29, 0.717) is 44.6 Å². The van der Waals surface area contributed by atoms with Crippen molar-refractivity contribution < 1.29 is 14.7 Å². The molecule has 2 aromatic carbocycles. The summed E-state index contributed by atoms with van der Waals surface area (Å²) in [6, 6.07) is 13.7. The summed E-state index contributed by atoms with van der Waals surface area (Å²) >= 11 is 0. The molecule has 2 fully saturated rings. The molecule has 2 aliphatic rings. The lowest BCUT2D eigenvalue weighted by Gasteiger charge is -2.42. The van der Waals surface area contributed by atoms with Crippen LogP contribution in [0.2, 0.25) is 0 Å². The van der Waals surface area contributed by atoms with Crippen molar-refractivity contribution in [1.29, 1.82) is 0 Å². The van der Waals surface area contributed by atoms with Crippen molar-refractivity contribution in [1.82, 2.24) is 9.80 Å². The molecule has 1 unspecified atom stereocenters. The van der Waals surface area contributed by atoms with Gasteiger partial charge >= 0.3 is 0 Å². The first-order chi connectivity index (χ1) is 15.3. The Balaban J connectivity index is 1.41. The zero-order valence-electron chi connectivity index (χ0n) is 18.8. The number of rotatable bonds is 5. The van der Waals surface area contributed by atoms with Crippen LogP contribution in [0.25, 0.3) is 11.1 Å². The highest BCUT2D eigenvalue weighted by Gasteiger charge is 2.45. The lowest BCUT2D eigenvalue weighted by atomic mass is 9.79. The largest absolute Gasteiger partial charge is 0.388 e. The summed E-state index contributed by atoms with van der Waals surface area (Å²) in [5.74, 6) is -0.219. The molecular formula is C25H32N4O3. The fourth-order valence-corrected chi connectivity index (χ4v) is 4.47. The van der Waals surface area contributed by atoms with E-state index in [1.807, 2.05) is 50.4 Å². The summed E-state index contributed by atoms with van der Waals surface area (Å²) in [6.45, 7) is 3.84. The Morgan fingerprint density at radius 1 is 1.00 bits per heavy atom. The van der Waals surface area contributed by atoms with Crippen molar-refractivity contribution in [2.24, 2.45) is 5.73 Å². The highest BCUT2D eigenvalue weighted by molar-refractivity contribution is 5.95. The molecule has 0 bridgehead atoms. The first kappa shape index (κ1) is 22.3. The maximum atomic E-state index is 13.0. The predicted molar refractivity (Wildman–Crippen MR) is 125 cm³/mol. The fraction of sp³-hybridized carbons (Fsp3) is 0.440. The van der Waals surface area contributed by atoms with Gasteiger partial charge in [0.1, 0.15) is 5.60 Å². The number of amides is 2. The Hall–Kier alpha value is -2.90. The van der Waals surface area contributed by atoms with E-state index in [4.69, 9.17) is 5.73 Å². The van der Waals surface area contributed by atoms with E-state index in [1.54, 1.807) is 9.80 Å². The van der Waals surface area contributed by atoms with Crippen LogP contribution in [-0.4, -0.2) is 65.5 Å². The molecular weight excluding hydrogens is 404 g/mol. The summed E-state index contributed by atoms with van der Waals surface area (Å²) in [4.78, 5) is 28.9. The van der Waals surface area contributed by atoms with Gasteiger partial charge in [-0.15, -0.1) is 0 Å². The van der Waals surface area contributed by atoms with Crippen LogP contribution in [0.1, 0.15) is 48.1 Å². The molecule has 1 saturated heterocycles. The van der Waals surface area contributed by atoms with Gasteiger partial charge in [0.25, 0.3) is 11.8 Å². The number of nitrogens with one attached hydrogen (secondary N) is 1. The molecule has 4 rings (SSSR count). The third-order valence-corrected chi connectivity index (χ3v) is 6.71. The molecule has 1 atom stereocenters. The van der Waals surface area contributed by atoms with E-state index in [2.05, 4.69) is 11.4 Å². The lowest BCUT2D eigenvalue weighted by Crippen LogP contribution is -2.58. The minimum absolute atomic E-state index is 0.0344. The number of carbonyl (C=O) groups is 2. The monoisotopic (exact) mass is 436 g/mol. The standard InChI is InChI=1S/C25H32N4O3/c1-17(26)21-16-20(8-9-22(21)27-2)18-4-6-19(7-5-18)23(30)28-12-14-29(15-13-28)24(31)25(32)10-3-11-25/h4-9,16-17,27,32H,3,10-15,26H2,1-2H3. The van der Waals surface area contributed by atoms with Gasteiger partial charge in [-0.05, 0) is 67.1 Å². The quantitative estimate of drug-likeness (QED) is 0.669. The SMILES string of the molecule is CNc1ccc(-c2ccc(C(=O)N3CCN(C(=O)C4(O)CCC4)CC3)cc2)cc1C(C)N. The van der Waals surface area contributed by atoms with E-state index in [9.17, 15) is 14.7 Å². The van der Waals surface area contributed by atoms with E-state index in [1.165, 1.54) is 0 Å². The predicted octanol–water partition coefficient (Wildman–Crippen LogP) is 2.61. The molecule has 7 nitrogen and oxygen atoms in total. The summed E-state index contributed by atoms with van der Waals surface area (Å²) in [6.07, 6.45) is 1.98. The van der Waals surface area contributed by atoms with Crippen LogP contribution in [0.5, 0.6) is 0 Å². The maximum absolute atomic E-state index is 13.0. The maximum Gasteiger partial charge on any atom is 0.254 e. The number of hydrogen-bond acceptors (Lipinski definition) is 5. The zero-order chi connectivity index (χ0) is 22.9. The molecule has 1 aliphatic heterocycles. The molecule has 1 aliphatic carbocycles. The summed E-state index contributed by atoms with van der Waals surface area (Å²) < 4.78 is 0. The van der Waals surface area contributed by atoms with Gasteiger partial charge in [0.05, 0.1) is 0 Å². The Labute approximate surface area is 189 Å². The second-order valence-electron chi connectivity index (χ2n) is 8.89. The lowest BCUT2D eigenvalue weighted by molar-refractivity contribution is -0.161. The van der Waals surface area contributed by atoms with E-state index in [-0.39, 0.29) is 17.9 Å². The molecule has 0 aromatic heterocycles. The Morgan fingerprint density at radius 2 is 1.59 bits per heavy atom. The highest BCUT2D eigenvalue weighted by atomic mass is 16.3.